The number of hydrogen-bond donors (Lipinski definition) is 1. The fourth-order valence-corrected chi connectivity index (χ4v) is 5.23. The van der Waals surface area contributed by atoms with E-state index in [1.165, 1.54) is 27.6 Å². The van der Waals surface area contributed by atoms with E-state index in [1.807, 2.05) is 26.0 Å². The van der Waals surface area contributed by atoms with Crippen LogP contribution in [0.5, 0.6) is 0 Å². The van der Waals surface area contributed by atoms with Crippen molar-refractivity contribution in [2.24, 2.45) is 5.92 Å². The first kappa shape index (κ1) is 21.8. The lowest BCUT2D eigenvalue weighted by atomic mass is 9.97. The highest BCUT2D eigenvalue weighted by atomic mass is 35.5. The number of hydrogen-bond acceptors (Lipinski definition) is 3. The molecule has 0 spiro atoms. The van der Waals surface area contributed by atoms with Gasteiger partial charge in [-0.1, -0.05) is 29.8 Å². The lowest BCUT2D eigenvalue weighted by Gasteiger charge is -2.32. The van der Waals surface area contributed by atoms with E-state index >= 15 is 0 Å². The van der Waals surface area contributed by atoms with Crippen molar-refractivity contribution in [3.8, 4) is 0 Å². The molecule has 0 unspecified atom stereocenters. The van der Waals surface area contributed by atoms with Gasteiger partial charge in [0.15, 0.2) is 0 Å². The Hall–Kier alpha value is -1.89. The molecule has 1 saturated heterocycles. The molecule has 0 bridgehead atoms. The maximum Gasteiger partial charge on any atom is 0.243 e. The van der Waals surface area contributed by atoms with Crippen molar-refractivity contribution in [1.29, 1.82) is 0 Å². The first-order chi connectivity index (χ1) is 13.7. The van der Waals surface area contributed by atoms with Crippen molar-refractivity contribution in [3.63, 3.8) is 0 Å². The van der Waals surface area contributed by atoms with Gasteiger partial charge in [0.25, 0.3) is 0 Å². The average molecular weight is 435 g/mol. The molecule has 1 amide bonds. The fraction of sp³-hybridized carbons (Fsp3) is 0.409. The van der Waals surface area contributed by atoms with Gasteiger partial charge in [-0.3, -0.25) is 4.79 Å². The quantitative estimate of drug-likeness (QED) is 0.765. The molecule has 2 aromatic carbocycles. The lowest BCUT2D eigenvalue weighted by molar-refractivity contribution is -0.126. The summed E-state index contributed by atoms with van der Waals surface area (Å²) in [6, 6.07) is 12.1. The highest BCUT2D eigenvalue weighted by Gasteiger charge is 2.33. The minimum Gasteiger partial charge on any atom is -0.349 e. The molecule has 0 aliphatic carbocycles. The second-order valence-corrected chi connectivity index (χ2v) is 10.1. The summed E-state index contributed by atoms with van der Waals surface area (Å²) in [6.45, 7) is 6.67. The molecule has 1 heterocycles. The van der Waals surface area contributed by atoms with E-state index in [1.54, 1.807) is 12.1 Å². The zero-order valence-electron chi connectivity index (χ0n) is 17.0. The maximum atomic E-state index is 12.9. The van der Waals surface area contributed by atoms with Crippen LogP contribution in [0.4, 0.5) is 0 Å². The summed E-state index contributed by atoms with van der Waals surface area (Å²) >= 11 is 5.87. The Balaban J connectivity index is 1.68. The van der Waals surface area contributed by atoms with E-state index in [-0.39, 0.29) is 29.3 Å². The van der Waals surface area contributed by atoms with Gasteiger partial charge in [-0.05, 0) is 74.6 Å². The number of carbonyl (C=O) groups is 1. The van der Waals surface area contributed by atoms with Crippen LogP contribution in [0.15, 0.2) is 47.4 Å². The molecule has 3 rings (SSSR count). The molecule has 0 radical (unpaired) electrons. The highest BCUT2D eigenvalue weighted by molar-refractivity contribution is 7.89. The van der Waals surface area contributed by atoms with Gasteiger partial charge < -0.3 is 5.32 Å². The van der Waals surface area contributed by atoms with Gasteiger partial charge in [-0.2, -0.15) is 4.31 Å². The van der Waals surface area contributed by atoms with Crippen LogP contribution in [-0.2, 0) is 14.8 Å². The molecular formula is C22H27ClN2O3S. The van der Waals surface area contributed by atoms with Gasteiger partial charge in [0.05, 0.1) is 16.9 Å². The predicted octanol–water partition coefficient (Wildman–Crippen LogP) is 4.23. The number of benzene rings is 2. The second-order valence-electron chi connectivity index (χ2n) is 7.73. The summed E-state index contributed by atoms with van der Waals surface area (Å²) < 4.78 is 27.3. The minimum atomic E-state index is -3.64. The van der Waals surface area contributed by atoms with Crippen LogP contribution in [-0.4, -0.2) is 31.7 Å². The van der Waals surface area contributed by atoms with Crippen LogP contribution in [0.1, 0.15) is 42.5 Å². The van der Waals surface area contributed by atoms with Gasteiger partial charge in [-0.15, -0.1) is 0 Å². The minimum absolute atomic E-state index is 0.105. The first-order valence-electron chi connectivity index (χ1n) is 9.81. The van der Waals surface area contributed by atoms with Crippen molar-refractivity contribution >= 4 is 27.5 Å². The van der Waals surface area contributed by atoms with Crippen LogP contribution in [0.2, 0.25) is 5.02 Å². The summed E-state index contributed by atoms with van der Waals surface area (Å²) in [5.74, 6) is -0.466. The van der Waals surface area contributed by atoms with Gasteiger partial charge in [0, 0.05) is 18.1 Å². The molecule has 1 aliphatic heterocycles. The molecule has 7 heteroatoms. The lowest BCUT2D eigenvalue weighted by Crippen LogP contribution is -2.45. The fourth-order valence-electron chi connectivity index (χ4n) is 3.58. The number of halogens is 1. The van der Waals surface area contributed by atoms with Crippen LogP contribution >= 0.6 is 11.6 Å². The monoisotopic (exact) mass is 434 g/mol. The Kier molecular flexibility index (Phi) is 6.66. The van der Waals surface area contributed by atoms with Crippen molar-refractivity contribution in [2.75, 3.05) is 13.1 Å². The van der Waals surface area contributed by atoms with E-state index in [2.05, 4.69) is 18.3 Å². The van der Waals surface area contributed by atoms with E-state index in [0.29, 0.717) is 24.4 Å². The van der Waals surface area contributed by atoms with Gasteiger partial charge in [0.2, 0.25) is 15.9 Å². The van der Waals surface area contributed by atoms with Gasteiger partial charge in [0.1, 0.15) is 0 Å². The van der Waals surface area contributed by atoms with E-state index in [9.17, 15) is 13.2 Å². The third-order valence-corrected chi connectivity index (χ3v) is 7.73. The Morgan fingerprint density at radius 2 is 1.83 bits per heavy atom. The Morgan fingerprint density at radius 3 is 2.48 bits per heavy atom. The molecule has 2 atom stereocenters. The molecule has 1 N–H and O–H groups in total. The Bertz CT molecular complexity index is 990. The summed E-state index contributed by atoms with van der Waals surface area (Å²) in [6.07, 6.45) is 1.33. The predicted molar refractivity (Wildman–Crippen MR) is 115 cm³/mol. The van der Waals surface area contributed by atoms with Gasteiger partial charge in [-0.25, -0.2) is 8.42 Å². The number of amides is 1. The molecule has 2 aromatic rings. The summed E-state index contributed by atoms with van der Waals surface area (Å²) in [4.78, 5) is 13.0. The molecule has 1 aliphatic rings. The first-order valence-corrected chi connectivity index (χ1v) is 11.6. The number of sulfonamides is 1. The number of nitrogens with one attached hydrogen (secondary N) is 1. The molecule has 0 saturated carbocycles. The van der Waals surface area contributed by atoms with Crippen molar-refractivity contribution in [3.05, 3.63) is 64.2 Å². The molecule has 156 valence electrons. The van der Waals surface area contributed by atoms with E-state index in [0.717, 1.165) is 5.56 Å². The van der Waals surface area contributed by atoms with E-state index in [4.69, 9.17) is 11.6 Å². The molecule has 1 fully saturated rings. The SMILES string of the molecule is Cc1ccc([C@H](C)NC(=O)[C@@H]2CCCN(S(=O)(=O)c3ccc(Cl)cc3)C2)cc1C. The number of nitrogens with zero attached hydrogens (tertiary/aromatic N) is 1. The highest BCUT2D eigenvalue weighted by Crippen LogP contribution is 2.26. The number of carbonyl (C=O) groups excluding carboxylic acids is 1. The van der Waals surface area contributed by atoms with Crippen molar-refractivity contribution < 1.29 is 13.2 Å². The number of aryl methyl sites for hydroxylation is 2. The van der Waals surface area contributed by atoms with Crippen LogP contribution in [0.3, 0.4) is 0 Å². The zero-order valence-corrected chi connectivity index (χ0v) is 18.6. The van der Waals surface area contributed by atoms with Crippen molar-refractivity contribution in [2.45, 2.75) is 44.6 Å². The Labute approximate surface area is 178 Å². The van der Waals surface area contributed by atoms with E-state index < -0.39 is 10.0 Å². The smallest absolute Gasteiger partial charge is 0.243 e. The second kappa shape index (κ2) is 8.86. The largest absolute Gasteiger partial charge is 0.349 e. The standard InChI is InChI=1S/C22H27ClN2O3S/c1-15-6-7-18(13-16(15)2)17(3)24-22(26)19-5-4-12-25(14-19)29(27,28)21-10-8-20(23)9-11-21/h6-11,13,17,19H,4-5,12,14H2,1-3H3,(H,24,26)/t17-,19+/m0/s1. The maximum absolute atomic E-state index is 12.9. The van der Waals surface area contributed by atoms with Crippen LogP contribution < -0.4 is 5.32 Å². The molecule has 0 aromatic heterocycles. The third-order valence-electron chi connectivity index (χ3n) is 5.60. The van der Waals surface area contributed by atoms with Crippen LogP contribution in [0.25, 0.3) is 0 Å². The van der Waals surface area contributed by atoms with Crippen molar-refractivity contribution in [1.82, 2.24) is 9.62 Å². The molecular weight excluding hydrogens is 408 g/mol. The third kappa shape index (κ3) is 5.00. The summed E-state index contributed by atoms with van der Waals surface area (Å²) in [7, 11) is -3.64. The summed E-state index contributed by atoms with van der Waals surface area (Å²) in [5.41, 5.74) is 3.44. The van der Waals surface area contributed by atoms with Crippen LogP contribution in [0, 0.1) is 19.8 Å². The topological polar surface area (TPSA) is 66.5 Å². The average Bonchev–Trinajstić information content (AvgIpc) is 2.70. The van der Waals surface area contributed by atoms with Gasteiger partial charge >= 0.3 is 0 Å². The normalized spacial score (nSPS) is 19.0. The number of rotatable bonds is 5. The zero-order chi connectivity index (χ0) is 21.2. The molecule has 29 heavy (non-hydrogen) atoms. The number of piperidine rings is 1. The summed E-state index contributed by atoms with van der Waals surface area (Å²) in [5, 5.41) is 3.54. The molecule has 5 nitrogen and oxygen atoms in total. The Morgan fingerprint density at radius 1 is 1.14 bits per heavy atom.